The van der Waals surface area contributed by atoms with Crippen LogP contribution in [0.2, 0.25) is 5.02 Å². The van der Waals surface area contributed by atoms with Gasteiger partial charge < -0.3 is 10.0 Å². The van der Waals surface area contributed by atoms with E-state index in [1.807, 2.05) is 11.8 Å². The molecule has 0 bridgehead atoms. The Kier molecular flexibility index (Phi) is 3.73. The SMILES string of the molecule is CC1CCN(c2c(Cl)cccc2[N+](=O)[O-])C1CO. The predicted molar refractivity (Wildman–Crippen MR) is 70.1 cm³/mol. The molecule has 1 aromatic rings. The van der Waals surface area contributed by atoms with Crippen LogP contribution < -0.4 is 4.90 Å². The summed E-state index contributed by atoms with van der Waals surface area (Å²) in [7, 11) is 0. The molecule has 6 heteroatoms. The lowest BCUT2D eigenvalue weighted by atomic mass is 10.0. The van der Waals surface area contributed by atoms with Crippen molar-refractivity contribution < 1.29 is 10.0 Å². The van der Waals surface area contributed by atoms with Crippen molar-refractivity contribution in [2.75, 3.05) is 18.1 Å². The van der Waals surface area contributed by atoms with Gasteiger partial charge in [-0.05, 0) is 18.4 Å². The first-order valence-corrected chi connectivity index (χ1v) is 6.24. The molecular formula is C12H15ClN2O3. The van der Waals surface area contributed by atoms with E-state index in [1.165, 1.54) is 6.07 Å². The van der Waals surface area contributed by atoms with Gasteiger partial charge in [-0.25, -0.2) is 0 Å². The van der Waals surface area contributed by atoms with Gasteiger partial charge in [0.15, 0.2) is 0 Å². The fourth-order valence-electron chi connectivity index (χ4n) is 2.50. The second-order valence-electron chi connectivity index (χ2n) is 4.57. The van der Waals surface area contributed by atoms with Crippen molar-refractivity contribution in [1.82, 2.24) is 0 Å². The lowest BCUT2D eigenvalue weighted by Gasteiger charge is -2.27. The third-order valence-electron chi connectivity index (χ3n) is 3.52. The number of aliphatic hydroxyl groups is 1. The molecule has 1 saturated heterocycles. The summed E-state index contributed by atoms with van der Waals surface area (Å²) in [5, 5.41) is 20.9. The molecule has 18 heavy (non-hydrogen) atoms. The molecule has 0 aromatic heterocycles. The summed E-state index contributed by atoms with van der Waals surface area (Å²) in [6.45, 7) is 2.68. The number of nitro groups is 1. The van der Waals surface area contributed by atoms with Crippen LogP contribution in [0.4, 0.5) is 11.4 Å². The van der Waals surface area contributed by atoms with Crippen LogP contribution in [-0.4, -0.2) is 29.2 Å². The number of para-hydroxylation sites is 1. The van der Waals surface area contributed by atoms with Gasteiger partial charge in [-0.1, -0.05) is 24.6 Å². The zero-order chi connectivity index (χ0) is 13.3. The highest BCUT2D eigenvalue weighted by atomic mass is 35.5. The average Bonchev–Trinajstić information content (AvgIpc) is 2.69. The molecule has 2 atom stereocenters. The summed E-state index contributed by atoms with van der Waals surface area (Å²) in [5.41, 5.74) is 0.419. The minimum Gasteiger partial charge on any atom is -0.394 e. The Morgan fingerprint density at radius 2 is 2.33 bits per heavy atom. The molecule has 1 aliphatic heterocycles. The molecule has 1 aliphatic rings. The quantitative estimate of drug-likeness (QED) is 0.677. The maximum atomic E-state index is 11.1. The number of anilines is 1. The second-order valence-corrected chi connectivity index (χ2v) is 4.98. The van der Waals surface area contributed by atoms with E-state index in [9.17, 15) is 15.2 Å². The first kappa shape index (κ1) is 13.1. The van der Waals surface area contributed by atoms with Gasteiger partial charge in [0.1, 0.15) is 5.69 Å². The van der Waals surface area contributed by atoms with Crippen LogP contribution in [0, 0.1) is 16.0 Å². The molecule has 2 rings (SSSR count). The molecule has 1 heterocycles. The van der Waals surface area contributed by atoms with Crippen molar-refractivity contribution in [2.45, 2.75) is 19.4 Å². The summed E-state index contributed by atoms with van der Waals surface area (Å²) in [6.07, 6.45) is 0.896. The highest BCUT2D eigenvalue weighted by Crippen LogP contribution is 2.40. The first-order chi connectivity index (χ1) is 8.56. The molecule has 1 fully saturated rings. The Hall–Kier alpha value is -1.33. The minimum atomic E-state index is -0.432. The molecule has 1 N–H and O–H groups in total. The van der Waals surface area contributed by atoms with E-state index in [0.29, 0.717) is 23.2 Å². The summed E-state index contributed by atoms with van der Waals surface area (Å²) >= 11 is 6.10. The third kappa shape index (κ3) is 2.15. The second kappa shape index (κ2) is 5.12. The molecule has 0 amide bonds. The molecule has 0 spiro atoms. The number of rotatable bonds is 3. The molecule has 0 saturated carbocycles. The summed E-state index contributed by atoms with van der Waals surface area (Å²) in [4.78, 5) is 12.5. The topological polar surface area (TPSA) is 66.6 Å². The van der Waals surface area contributed by atoms with E-state index < -0.39 is 4.92 Å². The van der Waals surface area contributed by atoms with Gasteiger partial charge in [0.2, 0.25) is 0 Å². The molecule has 2 unspecified atom stereocenters. The van der Waals surface area contributed by atoms with Crippen molar-refractivity contribution >= 4 is 23.0 Å². The Labute approximate surface area is 110 Å². The molecule has 0 aliphatic carbocycles. The largest absolute Gasteiger partial charge is 0.394 e. The standard InChI is InChI=1S/C12H15ClN2O3/c1-8-5-6-14(11(8)7-16)12-9(13)3-2-4-10(12)15(17)18/h2-4,8,11,16H,5-7H2,1H3. The fourth-order valence-corrected chi connectivity index (χ4v) is 2.78. The summed E-state index contributed by atoms with van der Waals surface area (Å²) < 4.78 is 0. The maximum absolute atomic E-state index is 11.1. The molecule has 98 valence electrons. The van der Waals surface area contributed by atoms with Crippen molar-refractivity contribution in [1.29, 1.82) is 0 Å². The van der Waals surface area contributed by atoms with Gasteiger partial charge in [0, 0.05) is 12.6 Å². The maximum Gasteiger partial charge on any atom is 0.294 e. The lowest BCUT2D eigenvalue weighted by Crippen LogP contribution is -2.35. The molecule has 5 nitrogen and oxygen atoms in total. The van der Waals surface area contributed by atoms with Crippen LogP contribution in [0.5, 0.6) is 0 Å². The number of benzene rings is 1. The third-order valence-corrected chi connectivity index (χ3v) is 3.82. The number of nitrogens with zero attached hydrogens (tertiary/aromatic N) is 2. The van der Waals surface area contributed by atoms with Gasteiger partial charge in [-0.3, -0.25) is 10.1 Å². The number of hydrogen-bond acceptors (Lipinski definition) is 4. The molecule has 0 radical (unpaired) electrons. The van der Waals surface area contributed by atoms with Gasteiger partial charge in [0.05, 0.1) is 22.6 Å². The smallest absolute Gasteiger partial charge is 0.294 e. The van der Waals surface area contributed by atoms with E-state index >= 15 is 0 Å². The minimum absolute atomic E-state index is 0.00458. The number of halogens is 1. The van der Waals surface area contributed by atoms with E-state index in [1.54, 1.807) is 12.1 Å². The van der Waals surface area contributed by atoms with Crippen LogP contribution in [0.25, 0.3) is 0 Å². The van der Waals surface area contributed by atoms with Crippen LogP contribution >= 0.6 is 11.6 Å². The van der Waals surface area contributed by atoms with Crippen molar-refractivity contribution in [2.24, 2.45) is 5.92 Å². The van der Waals surface area contributed by atoms with E-state index in [4.69, 9.17) is 11.6 Å². The van der Waals surface area contributed by atoms with Gasteiger partial charge in [-0.15, -0.1) is 0 Å². The van der Waals surface area contributed by atoms with Gasteiger partial charge in [-0.2, -0.15) is 0 Å². The predicted octanol–water partition coefficient (Wildman–Crippen LogP) is 2.46. The number of nitro benzene ring substituents is 1. The lowest BCUT2D eigenvalue weighted by molar-refractivity contribution is -0.384. The fraction of sp³-hybridized carbons (Fsp3) is 0.500. The van der Waals surface area contributed by atoms with Crippen LogP contribution in [0.15, 0.2) is 18.2 Å². The summed E-state index contributed by atoms with van der Waals surface area (Å²) in [6, 6.07) is 4.54. The molecular weight excluding hydrogens is 256 g/mol. The van der Waals surface area contributed by atoms with Crippen molar-refractivity contribution in [3.05, 3.63) is 33.3 Å². The van der Waals surface area contributed by atoms with Crippen LogP contribution in [-0.2, 0) is 0 Å². The Balaban J connectivity index is 2.47. The van der Waals surface area contributed by atoms with Crippen molar-refractivity contribution in [3.63, 3.8) is 0 Å². The highest BCUT2D eigenvalue weighted by molar-refractivity contribution is 6.33. The molecule has 1 aromatic carbocycles. The zero-order valence-electron chi connectivity index (χ0n) is 10.0. The van der Waals surface area contributed by atoms with Crippen LogP contribution in [0.1, 0.15) is 13.3 Å². The van der Waals surface area contributed by atoms with Crippen LogP contribution in [0.3, 0.4) is 0 Å². The Bertz CT molecular complexity index is 467. The van der Waals surface area contributed by atoms with Gasteiger partial charge in [0.25, 0.3) is 5.69 Å². The van der Waals surface area contributed by atoms with Gasteiger partial charge >= 0.3 is 0 Å². The van der Waals surface area contributed by atoms with Crippen molar-refractivity contribution in [3.8, 4) is 0 Å². The van der Waals surface area contributed by atoms with E-state index in [2.05, 4.69) is 0 Å². The van der Waals surface area contributed by atoms with E-state index in [0.717, 1.165) is 6.42 Å². The average molecular weight is 271 g/mol. The normalized spacial score (nSPS) is 23.4. The van der Waals surface area contributed by atoms with E-state index in [-0.39, 0.29) is 18.3 Å². The Morgan fingerprint density at radius 3 is 2.94 bits per heavy atom. The summed E-state index contributed by atoms with van der Waals surface area (Å²) in [5.74, 6) is 0.297. The first-order valence-electron chi connectivity index (χ1n) is 5.86. The number of aliphatic hydroxyl groups excluding tert-OH is 1. The zero-order valence-corrected chi connectivity index (χ0v) is 10.8. The highest BCUT2D eigenvalue weighted by Gasteiger charge is 2.35. The number of hydrogen-bond donors (Lipinski definition) is 1. The Morgan fingerprint density at radius 1 is 1.61 bits per heavy atom. The monoisotopic (exact) mass is 270 g/mol.